The maximum atomic E-state index is 11.8. The van der Waals surface area contributed by atoms with E-state index in [1.807, 2.05) is 24.1 Å². The van der Waals surface area contributed by atoms with E-state index < -0.39 is 0 Å². The average molecular weight is 222 g/mol. The highest BCUT2D eigenvalue weighted by atomic mass is 16.5. The summed E-state index contributed by atoms with van der Waals surface area (Å²) in [7, 11) is 1.96. The van der Waals surface area contributed by atoms with Crippen LogP contribution < -0.4 is 0 Å². The van der Waals surface area contributed by atoms with Crippen LogP contribution in [0.15, 0.2) is 18.3 Å². The lowest BCUT2D eigenvalue weighted by atomic mass is 10.2. The van der Waals surface area contributed by atoms with Crippen LogP contribution in [0, 0.1) is 0 Å². The summed E-state index contributed by atoms with van der Waals surface area (Å²) in [6.07, 6.45) is 4.33. The Hall–Kier alpha value is -1.13. The third kappa shape index (κ3) is 2.93. The van der Waals surface area contributed by atoms with Crippen LogP contribution in [0.25, 0.3) is 0 Å². The summed E-state index contributed by atoms with van der Waals surface area (Å²) in [5.41, 5.74) is 0.680. The van der Waals surface area contributed by atoms with E-state index in [2.05, 4.69) is 4.98 Å². The molecule has 4 heteroatoms. The van der Waals surface area contributed by atoms with Crippen LogP contribution in [0.4, 0.5) is 0 Å². The number of carbonyl (C=O) groups is 1. The summed E-state index contributed by atoms with van der Waals surface area (Å²) >= 11 is 0. The minimum atomic E-state index is 0.130. The smallest absolute Gasteiger partial charge is 0.192 e. The number of nitrogens with zero attached hydrogens (tertiary/aromatic N) is 1. The zero-order valence-corrected chi connectivity index (χ0v) is 9.61. The standard InChI is InChI=1S/C12H18N2O2/c1-14(8-10-4-3-7-16-10)9-12(15)11-5-2-6-13-11/h2,5-6,10,13H,3-4,7-9H2,1H3. The van der Waals surface area contributed by atoms with Crippen molar-refractivity contribution in [1.82, 2.24) is 9.88 Å². The Bertz CT molecular complexity index is 329. The van der Waals surface area contributed by atoms with Crippen molar-refractivity contribution < 1.29 is 9.53 Å². The molecule has 0 aliphatic carbocycles. The van der Waals surface area contributed by atoms with Gasteiger partial charge in [0.1, 0.15) is 0 Å². The number of hydrogen-bond donors (Lipinski definition) is 1. The Morgan fingerprint density at radius 3 is 3.19 bits per heavy atom. The highest BCUT2D eigenvalue weighted by molar-refractivity contribution is 5.95. The van der Waals surface area contributed by atoms with Crippen LogP contribution in [-0.4, -0.2) is 48.5 Å². The van der Waals surface area contributed by atoms with Gasteiger partial charge in [-0.25, -0.2) is 0 Å². The van der Waals surface area contributed by atoms with Crippen molar-refractivity contribution in [2.24, 2.45) is 0 Å². The van der Waals surface area contributed by atoms with Crippen LogP contribution in [0.3, 0.4) is 0 Å². The summed E-state index contributed by atoms with van der Waals surface area (Å²) in [4.78, 5) is 16.7. The molecule has 1 atom stereocenters. The molecule has 1 saturated heterocycles. The average Bonchev–Trinajstić information content (AvgIpc) is 2.88. The molecule has 1 aromatic rings. The molecule has 2 heterocycles. The molecule has 0 saturated carbocycles. The van der Waals surface area contributed by atoms with Crippen LogP contribution in [-0.2, 0) is 4.74 Å². The van der Waals surface area contributed by atoms with E-state index in [0.717, 1.165) is 26.0 Å². The summed E-state index contributed by atoms with van der Waals surface area (Å²) < 4.78 is 5.54. The molecule has 4 nitrogen and oxygen atoms in total. The summed E-state index contributed by atoms with van der Waals surface area (Å²) in [6, 6.07) is 3.65. The molecule has 0 amide bonds. The highest BCUT2D eigenvalue weighted by Crippen LogP contribution is 2.12. The number of aromatic amines is 1. The van der Waals surface area contributed by atoms with Gasteiger partial charge in [0.15, 0.2) is 5.78 Å². The first-order valence-electron chi connectivity index (χ1n) is 5.72. The fraction of sp³-hybridized carbons (Fsp3) is 0.583. The van der Waals surface area contributed by atoms with Crippen LogP contribution >= 0.6 is 0 Å². The van der Waals surface area contributed by atoms with Gasteiger partial charge in [-0.15, -0.1) is 0 Å². The fourth-order valence-electron chi connectivity index (χ4n) is 2.03. The van der Waals surface area contributed by atoms with Crippen molar-refractivity contribution in [1.29, 1.82) is 0 Å². The topological polar surface area (TPSA) is 45.3 Å². The van der Waals surface area contributed by atoms with Crippen molar-refractivity contribution in [2.45, 2.75) is 18.9 Å². The molecular weight excluding hydrogens is 204 g/mol. The molecule has 0 aromatic carbocycles. The minimum Gasteiger partial charge on any atom is -0.377 e. The number of ether oxygens (including phenoxy) is 1. The molecule has 1 aliphatic rings. The zero-order valence-electron chi connectivity index (χ0n) is 9.61. The number of rotatable bonds is 5. The third-order valence-electron chi connectivity index (χ3n) is 2.85. The monoisotopic (exact) mass is 222 g/mol. The second-order valence-corrected chi connectivity index (χ2v) is 4.34. The van der Waals surface area contributed by atoms with Gasteiger partial charge in [-0.05, 0) is 32.0 Å². The van der Waals surface area contributed by atoms with E-state index in [0.29, 0.717) is 18.3 Å². The van der Waals surface area contributed by atoms with E-state index in [1.54, 1.807) is 6.20 Å². The van der Waals surface area contributed by atoms with Crippen LogP contribution in [0.5, 0.6) is 0 Å². The normalized spacial score (nSPS) is 20.5. The van der Waals surface area contributed by atoms with E-state index in [-0.39, 0.29) is 5.78 Å². The molecule has 1 N–H and O–H groups in total. The molecule has 1 aliphatic heterocycles. The molecule has 0 radical (unpaired) electrons. The minimum absolute atomic E-state index is 0.130. The Balaban J connectivity index is 1.78. The van der Waals surface area contributed by atoms with Crippen LogP contribution in [0.2, 0.25) is 0 Å². The van der Waals surface area contributed by atoms with Gasteiger partial charge in [0.25, 0.3) is 0 Å². The summed E-state index contributed by atoms with van der Waals surface area (Å²) in [5, 5.41) is 0. The molecule has 16 heavy (non-hydrogen) atoms. The van der Waals surface area contributed by atoms with E-state index in [9.17, 15) is 4.79 Å². The molecule has 1 fully saturated rings. The number of ketones is 1. The molecule has 2 rings (SSSR count). The van der Waals surface area contributed by atoms with E-state index in [4.69, 9.17) is 4.74 Å². The maximum absolute atomic E-state index is 11.8. The number of carbonyl (C=O) groups excluding carboxylic acids is 1. The predicted octanol–water partition coefficient (Wildman–Crippen LogP) is 1.31. The SMILES string of the molecule is CN(CC(=O)c1ccc[nH]1)CC1CCCO1. The quantitative estimate of drug-likeness (QED) is 0.764. The van der Waals surface area contributed by atoms with Gasteiger partial charge in [0.05, 0.1) is 18.3 Å². The second kappa shape index (κ2) is 5.27. The van der Waals surface area contributed by atoms with Gasteiger partial charge < -0.3 is 9.72 Å². The lowest BCUT2D eigenvalue weighted by Gasteiger charge is -2.19. The fourth-order valence-corrected chi connectivity index (χ4v) is 2.03. The number of aromatic nitrogens is 1. The molecule has 1 aromatic heterocycles. The maximum Gasteiger partial charge on any atom is 0.192 e. The van der Waals surface area contributed by atoms with Gasteiger partial charge in [-0.1, -0.05) is 0 Å². The Morgan fingerprint density at radius 1 is 1.69 bits per heavy atom. The molecule has 88 valence electrons. The Morgan fingerprint density at radius 2 is 2.56 bits per heavy atom. The summed E-state index contributed by atoms with van der Waals surface area (Å²) in [5.74, 6) is 0.130. The van der Waals surface area contributed by atoms with Crippen molar-refractivity contribution in [3.05, 3.63) is 24.0 Å². The highest BCUT2D eigenvalue weighted by Gasteiger charge is 2.18. The molecular formula is C12H18N2O2. The van der Waals surface area contributed by atoms with Gasteiger partial charge in [0, 0.05) is 19.3 Å². The first-order chi connectivity index (χ1) is 7.75. The zero-order chi connectivity index (χ0) is 11.4. The van der Waals surface area contributed by atoms with Crippen molar-refractivity contribution in [3.8, 4) is 0 Å². The largest absolute Gasteiger partial charge is 0.377 e. The molecule has 0 spiro atoms. The van der Waals surface area contributed by atoms with E-state index in [1.165, 1.54) is 0 Å². The van der Waals surface area contributed by atoms with E-state index >= 15 is 0 Å². The molecule has 0 bridgehead atoms. The summed E-state index contributed by atoms with van der Waals surface area (Å²) in [6.45, 7) is 2.15. The van der Waals surface area contributed by atoms with Crippen molar-refractivity contribution in [2.75, 3.05) is 26.7 Å². The predicted molar refractivity (Wildman–Crippen MR) is 61.6 cm³/mol. The van der Waals surface area contributed by atoms with Gasteiger partial charge in [0.2, 0.25) is 0 Å². The van der Waals surface area contributed by atoms with Gasteiger partial charge in [-0.2, -0.15) is 0 Å². The number of nitrogens with one attached hydrogen (secondary N) is 1. The number of likely N-dealkylation sites (N-methyl/N-ethyl adjacent to an activating group) is 1. The number of H-pyrrole nitrogens is 1. The molecule has 1 unspecified atom stereocenters. The lowest BCUT2D eigenvalue weighted by molar-refractivity contribution is 0.0738. The lowest BCUT2D eigenvalue weighted by Crippen LogP contribution is -2.33. The first kappa shape index (κ1) is 11.4. The Labute approximate surface area is 95.6 Å². The first-order valence-corrected chi connectivity index (χ1v) is 5.72. The van der Waals surface area contributed by atoms with Crippen molar-refractivity contribution >= 4 is 5.78 Å². The third-order valence-corrected chi connectivity index (χ3v) is 2.85. The van der Waals surface area contributed by atoms with Gasteiger partial charge >= 0.3 is 0 Å². The van der Waals surface area contributed by atoms with Crippen LogP contribution in [0.1, 0.15) is 23.3 Å². The number of hydrogen-bond acceptors (Lipinski definition) is 3. The van der Waals surface area contributed by atoms with Gasteiger partial charge in [-0.3, -0.25) is 9.69 Å². The number of Topliss-reactive ketones (excluding diaryl/α,β-unsaturated/α-hetero) is 1. The second-order valence-electron chi connectivity index (χ2n) is 4.34. The Kier molecular flexibility index (Phi) is 3.74. The van der Waals surface area contributed by atoms with Crippen molar-refractivity contribution in [3.63, 3.8) is 0 Å².